The highest BCUT2D eigenvalue weighted by Gasteiger charge is 2.11. The van der Waals surface area contributed by atoms with E-state index in [9.17, 15) is 9.59 Å². The third-order valence-electron chi connectivity index (χ3n) is 2.78. The molecular formula is C14H14N2O3S. The number of thioether (sulfide) groups is 1. The SMILES string of the molecule is Cc1cccc(C)c1-n1ccc(=O)nc1SCC(=O)O. The number of rotatable bonds is 4. The minimum absolute atomic E-state index is 0.138. The highest BCUT2D eigenvalue weighted by molar-refractivity contribution is 7.99. The first-order chi connectivity index (χ1) is 9.49. The number of hydrogen-bond donors (Lipinski definition) is 1. The summed E-state index contributed by atoms with van der Waals surface area (Å²) in [6, 6.07) is 7.25. The molecule has 0 fully saturated rings. The Bertz CT molecular complexity index is 690. The van der Waals surface area contributed by atoms with E-state index in [-0.39, 0.29) is 11.3 Å². The molecule has 2 aromatic rings. The van der Waals surface area contributed by atoms with Crippen molar-refractivity contribution in [3.05, 3.63) is 51.9 Å². The van der Waals surface area contributed by atoms with Crippen molar-refractivity contribution in [2.45, 2.75) is 19.0 Å². The first-order valence-corrected chi connectivity index (χ1v) is 6.98. The van der Waals surface area contributed by atoms with Crippen LogP contribution in [0.1, 0.15) is 11.1 Å². The molecule has 1 heterocycles. The fraction of sp³-hybridized carbons (Fsp3) is 0.214. The fourth-order valence-electron chi connectivity index (χ4n) is 1.97. The summed E-state index contributed by atoms with van der Waals surface area (Å²) in [5.41, 5.74) is 2.62. The molecule has 1 aromatic heterocycles. The Kier molecular flexibility index (Phi) is 4.24. The summed E-state index contributed by atoms with van der Waals surface area (Å²) < 4.78 is 1.76. The second-order valence-electron chi connectivity index (χ2n) is 4.34. The van der Waals surface area contributed by atoms with Gasteiger partial charge in [0.05, 0.1) is 11.4 Å². The van der Waals surface area contributed by atoms with Crippen molar-refractivity contribution in [2.75, 3.05) is 5.75 Å². The predicted molar refractivity (Wildman–Crippen MR) is 77.7 cm³/mol. The lowest BCUT2D eigenvalue weighted by Crippen LogP contribution is -2.14. The Morgan fingerprint density at radius 2 is 1.95 bits per heavy atom. The van der Waals surface area contributed by atoms with E-state index < -0.39 is 5.97 Å². The summed E-state index contributed by atoms with van der Waals surface area (Å²) >= 11 is 1.03. The summed E-state index contributed by atoms with van der Waals surface area (Å²) in [7, 11) is 0. The average Bonchev–Trinajstić information content (AvgIpc) is 2.38. The molecule has 2 rings (SSSR count). The molecule has 0 spiro atoms. The smallest absolute Gasteiger partial charge is 0.313 e. The minimum Gasteiger partial charge on any atom is -0.481 e. The molecule has 5 nitrogen and oxygen atoms in total. The molecule has 1 aromatic carbocycles. The van der Waals surface area contributed by atoms with Crippen molar-refractivity contribution in [3.8, 4) is 5.69 Å². The lowest BCUT2D eigenvalue weighted by molar-refractivity contribution is -0.133. The minimum atomic E-state index is -0.943. The van der Waals surface area contributed by atoms with Crippen LogP contribution in [0.3, 0.4) is 0 Å². The first-order valence-electron chi connectivity index (χ1n) is 6.00. The lowest BCUT2D eigenvalue weighted by atomic mass is 10.1. The van der Waals surface area contributed by atoms with Crippen molar-refractivity contribution in [1.29, 1.82) is 0 Å². The number of carboxylic acids is 1. The van der Waals surface area contributed by atoms with Crippen LogP contribution in [-0.4, -0.2) is 26.4 Å². The normalized spacial score (nSPS) is 10.5. The van der Waals surface area contributed by atoms with Gasteiger partial charge in [-0.05, 0) is 25.0 Å². The van der Waals surface area contributed by atoms with Gasteiger partial charge in [0.2, 0.25) is 0 Å². The molecule has 0 unspecified atom stereocenters. The van der Waals surface area contributed by atoms with Gasteiger partial charge in [-0.1, -0.05) is 30.0 Å². The Balaban J connectivity index is 2.56. The summed E-state index contributed by atoms with van der Waals surface area (Å²) in [6.45, 7) is 3.93. The topological polar surface area (TPSA) is 72.2 Å². The molecular weight excluding hydrogens is 276 g/mol. The van der Waals surface area contributed by atoms with Crippen LogP contribution in [0.5, 0.6) is 0 Å². The largest absolute Gasteiger partial charge is 0.481 e. The zero-order valence-electron chi connectivity index (χ0n) is 11.2. The average molecular weight is 290 g/mol. The zero-order valence-corrected chi connectivity index (χ0v) is 12.0. The van der Waals surface area contributed by atoms with E-state index in [1.807, 2.05) is 32.0 Å². The number of benzene rings is 1. The number of carboxylic acid groups (broad SMARTS) is 1. The van der Waals surface area contributed by atoms with Crippen molar-refractivity contribution < 1.29 is 9.90 Å². The number of aromatic nitrogens is 2. The van der Waals surface area contributed by atoms with E-state index >= 15 is 0 Å². The van der Waals surface area contributed by atoms with Gasteiger partial charge in [0, 0.05) is 12.3 Å². The summed E-state index contributed by atoms with van der Waals surface area (Å²) in [5, 5.41) is 9.17. The van der Waals surface area contributed by atoms with Crippen LogP contribution < -0.4 is 5.56 Å². The zero-order chi connectivity index (χ0) is 14.7. The summed E-state index contributed by atoms with van der Waals surface area (Å²) in [6.07, 6.45) is 1.63. The molecule has 1 N–H and O–H groups in total. The predicted octanol–water partition coefficient (Wildman–Crippen LogP) is 2.03. The lowest BCUT2D eigenvalue weighted by Gasteiger charge is -2.15. The monoisotopic (exact) mass is 290 g/mol. The Morgan fingerprint density at radius 1 is 1.30 bits per heavy atom. The van der Waals surface area contributed by atoms with Crippen LogP contribution in [0.25, 0.3) is 5.69 Å². The number of hydrogen-bond acceptors (Lipinski definition) is 4. The van der Waals surface area contributed by atoms with Crippen LogP contribution in [-0.2, 0) is 4.79 Å². The van der Waals surface area contributed by atoms with Crippen molar-refractivity contribution >= 4 is 17.7 Å². The van der Waals surface area contributed by atoms with E-state index in [0.29, 0.717) is 5.16 Å². The second-order valence-corrected chi connectivity index (χ2v) is 5.28. The van der Waals surface area contributed by atoms with Crippen LogP contribution >= 0.6 is 11.8 Å². The van der Waals surface area contributed by atoms with Crippen LogP contribution in [0, 0.1) is 13.8 Å². The molecule has 0 amide bonds. The van der Waals surface area contributed by atoms with Gasteiger partial charge in [-0.2, -0.15) is 4.98 Å². The van der Waals surface area contributed by atoms with Gasteiger partial charge < -0.3 is 5.11 Å². The van der Waals surface area contributed by atoms with E-state index in [0.717, 1.165) is 28.6 Å². The molecule has 0 radical (unpaired) electrons. The molecule has 0 atom stereocenters. The molecule has 0 bridgehead atoms. The van der Waals surface area contributed by atoms with Crippen LogP contribution in [0.4, 0.5) is 0 Å². The Morgan fingerprint density at radius 3 is 2.55 bits per heavy atom. The maximum atomic E-state index is 11.4. The van der Waals surface area contributed by atoms with Crippen LogP contribution in [0.2, 0.25) is 0 Å². The standard InChI is InChI=1S/C14H14N2O3S/c1-9-4-3-5-10(2)13(9)16-7-6-11(17)15-14(16)20-8-12(18)19/h3-7H,8H2,1-2H3,(H,18,19). The number of aryl methyl sites for hydroxylation is 2. The van der Waals surface area contributed by atoms with Crippen molar-refractivity contribution in [1.82, 2.24) is 9.55 Å². The molecule has 0 aliphatic rings. The van der Waals surface area contributed by atoms with Gasteiger partial charge in [0.25, 0.3) is 5.56 Å². The van der Waals surface area contributed by atoms with E-state index in [2.05, 4.69) is 4.98 Å². The second kappa shape index (κ2) is 5.92. The molecule has 6 heteroatoms. The number of para-hydroxylation sites is 1. The molecule has 0 saturated heterocycles. The van der Waals surface area contributed by atoms with Crippen molar-refractivity contribution in [2.24, 2.45) is 0 Å². The van der Waals surface area contributed by atoms with Crippen LogP contribution in [0.15, 0.2) is 40.4 Å². The highest BCUT2D eigenvalue weighted by atomic mass is 32.2. The molecule has 0 aliphatic heterocycles. The Labute approximate surface area is 120 Å². The Hall–Kier alpha value is -2.08. The summed E-state index contributed by atoms with van der Waals surface area (Å²) in [4.78, 5) is 26.0. The third kappa shape index (κ3) is 3.08. The van der Waals surface area contributed by atoms with E-state index in [1.165, 1.54) is 6.07 Å². The summed E-state index contributed by atoms with van der Waals surface area (Å²) in [5.74, 6) is -1.08. The number of aliphatic carboxylic acids is 1. The van der Waals surface area contributed by atoms with Crippen molar-refractivity contribution in [3.63, 3.8) is 0 Å². The van der Waals surface area contributed by atoms with Gasteiger partial charge >= 0.3 is 5.97 Å². The molecule has 104 valence electrons. The maximum Gasteiger partial charge on any atom is 0.313 e. The van der Waals surface area contributed by atoms with Gasteiger partial charge in [-0.15, -0.1) is 0 Å². The third-order valence-corrected chi connectivity index (χ3v) is 3.72. The van der Waals surface area contributed by atoms with Gasteiger partial charge in [-0.3, -0.25) is 14.2 Å². The molecule has 0 saturated carbocycles. The van der Waals surface area contributed by atoms with Gasteiger partial charge in [0.15, 0.2) is 5.16 Å². The highest BCUT2D eigenvalue weighted by Crippen LogP contribution is 2.23. The van der Waals surface area contributed by atoms with E-state index in [4.69, 9.17) is 5.11 Å². The molecule has 20 heavy (non-hydrogen) atoms. The number of carbonyl (C=O) groups is 1. The maximum absolute atomic E-state index is 11.4. The van der Waals surface area contributed by atoms with E-state index in [1.54, 1.807) is 10.8 Å². The first kappa shape index (κ1) is 14.3. The van der Waals surface area contributed by atoms with Gasteiger partial charge in [0.1, 0.15) is 0 Å². The molecule has 0 aliphatic carbocycles. The number of nitrogens with zero attached hydrogens (tertiary/aromatic N) is 2. The fourth-order valence-corrected chi connectivity index (χ4v) is 2.67. The quantitative estimate of drug-likeness (QED) is 0.689. The van der Waals surface area contributed by atoms with Gasteiger partial charge in [-0.25, -0.2) is 0 Å².